The molecule has 0 saturated carbocycles. The van der Waals surface area contributed by atoms with Gasteiger partial charge in [-0.25, -0.2) is 13.9 Å². The Bertz CT molecular complexity index is 1120. The lowest BCUT2D eigenvalue weighted by molar-refractivity contribution is 0.550. The fourth-order valence-corrected chi connectivity index (χ4v) is 3.54. The first-order chi connectivity index (χ1) is 13.9. The summed E-state index contributed by atoms with van der Waals surface area (Å²) in [6, 6.07) is 8.20. The van der Waals surface area contributed by atoms with Gasteiger partial charge in [-0.15, -0.1) is 0 Å². The van der Waals surface area contributed by atoms with E-state index in [1.54, 1.807) is 22.9 Å². The number of nitrogens with one attached hydrogen (secondary N) is 2. The van der Waals surface area contributed by atoms with E-state index in [0.29, 0.717) is 24.6 Å². The van der Waals surface area contributed by atoms with Crippen LogP contribution in [0.5, 0.6) is 0 Å². The Labute approximate surface area is 166 Å². The summed E-state index contributed by atoms with van der Waals surface area (Å²) < 4.78 is 16.6. The average molecular weight is 398 g/mol. The van der Waals surface area contributed by atoms with Gasteiger partial charge in [0, 0.05) is 50.6 Å². The normalized spacial score (nSPS) is 16.5. The molecule has 3 heterocycles. The van der Waals surface area contributed by atoms with E-state index in [1.165, 1.54) is 19.2 Å². The molecule has 2 aromatic heterocycles. The molecule has 1 aliphatic heterocycles. The lowest BCUT2D eigenvalue weighted by atomic mass is 10.2. The van der Waals surface area contributed by atoms with Gasteiger partial charge >= 0.3 is 5.69 Å². The van der Waals surface area contributed by atoms with Gasteiger partial charge in [0.25, 0.3) is 5.56 Å². The summed E-state index contributed by atoms with van der Waals surface area (Å²) in [7, 11) is 1.45. The van der Waals surface area contributed by atoms with Gasteiger partial charge in [0.2, 0.25) is 0 Å². The van der Waals surface area contributed by atoms with Gasteiger partial charge in [-0.05, 0) is 25.5 Å². The topological polar surface area (TPSA) is 87.9 Å². The second-order valence-electron chi connectivity index (χ2n) is 7.31. The second kappa shape index (κ2) is 7.67. The van der Waals surface area contributed by atoms with E-state index in [1.807, 2.05) is 18.0 Å². The van der Waals surface area contributed by atoms with E-state index in [9.17, 15) is 14.0 Å². The van der Waals surface area contributed by atoms with Crippen LogP contribution < -0.4 is 21.5 Å². The number of rotatable bonds is 5. The van der Waals surface area contributed by atoms with Gasteiger partial charge in [0.1, 0.15) is 17.3 Å². The second-order valence-corrected chi connectivity index (χ2v) is 7.31. The van der Waals surface area contributed by atoms with Crippen molar-refractivity contribution < 1.29 is 4.39 Å². The number of nitrogens with zero attached hydrogens (tertiary/aromatic N) is 4. The molecule has 0 unspecified atom stereocenters. The summed E-state index contributed by atoms with van der Waals surface area (Å²) in [6.07, 6.45) is 2.73. The molecule has 1 aromatic carbocycles. The highest BCUT2D eigenvalue weighted by atomic mass is 19.1. The highest BCUT2D eigenvalue weighted by Gasteiger charge is 2.24. The van der Waals surface area contributed by atoms with E-state index >= 15 is 0 Å². The summed E-state index contributed by atoms with van der Waals surface area (Å²) >= 11 is 0. The van der Waals surface area contributed by atoms with E-state index in [0.717, 1.165) is 28.8 Å². The zero-order valence-electron chi connectivity index (χ0n) is 16.4. The van der Waals surface area contributed by atoms with Crippen molar-refractivity contribution in [3.63, 3.8) is 0 Å². The Hall–Kier alpha value is -3.20. The summed E-state index contributed by atoms with van der Waals surface area (Å²) in [5, 5.41) is 7.92. The number of aromatic nitrogens is 4. The fraction of sp³-hybridized carbons (Fsp3) is 0.350. The third kappa shape index (κ3) is 3.86. The maximum Gasteiger partial charge on any atom is 0.329 e. The highest BCUT2D eigenvalue weighted by molar-refractivity contribution is 5.38. The molecule has 4 rings (SSSR count). The third-order valence-corrected chi connectivity index (χ3v) is 5.34. The molecule has 2 N–H and O–H groups in total. The number of aryl methyl sites for hydroxylation is 1. The largest absolute Gasteiger partial charge is 0.356 e. The molecule has 29 heavy (non-hydrogen) atoms. The number of aromatic amines is 1. The molecule has 3 aromatic rings. The Balaban J connectivity index is 1.41. The van der Waals surface area contributed by atoms with Gasteiger partial charge in [-0.2, -0.15) is 5.10 Å². The monoisotopic (exact) mass is 398 g/mol. The first-order valence-electron chi connectivity index (χ1n) is 9.51. The molecular formula is C20H23FN6O2. The lowest BCUT2D eigenvalue weighted by Crippen LogP contribution is -2.36. The lowest BCUT2D eigenvalue weighted by Gasteiger charge is -2.18. The number of anilines is 1. The molecule has 1 saturated heterocycles. The predicted molar refractivity (Wildman–Crippen MR) is 108 cm³/mol. The molecule has 0 spiro atoms. The Morgan fingerprint density at radius 3 is 2.86 bits per heavy atom. The highest BCUT2D eigenvalue weighted by Crippen LogP contribution is 2.18. The minimum atomic E-state index is -0.417. The van der Waals surface area contributed by atoms with Gasteiger partial charge in [0.05, 0.1) is 5.69 Å². The molecule has 0 bridgehead atoms. The standard InChI is InChI=1S/C20H23FN6O2/c1-13-14(11-27(24-13)17-6-4-3-5-16(17)21)10-22-15-7-8-26(12-15)18-9-19(28)25(2)20(29)23-18/h3-6,9,11,15,22H,7-8,10,12H2,1-2H3,(H,23,29)/t15-/m0/s1. The summed E-state index contributed by atoms with van der Waals surface area (Å²) in [6.45, 7) is 3.93. The zero-order chi connectivity index (χ0) is 20.5. The fourth-order valence-electron chi connectivity index (χ4n) is 3.54. The summed E-state index contributed by atoms with van der Waals surface area (Å²) in [5.41, 5.74) is 1.51. The van der Waals surface area contributed by atoms with Crippen LogP contribution in [-0.4, -0.2) is 38.5 Å². The van der Waals surface area contributed by atoms with Crippen molar-refractivity contribution in [3.05, 3.63) is 74.4 Å². The van der Waals surface area contributed by atoms with Crippen LogP contribution in [0.4, 0.5) is 10.2 Å². The molecule has 8 nitrogen and oxygen atoms in total. The average Bonchev–Trinajstić information content (AvgIpc) is 3.31. The summed E-state index contributed by atoms with van der Waals surface area (Å²) in [4.78, 5) is 28.4. The zero-order valence-corrected chi connectivity index (χ0v) is 16.4. The van der Waals surface area contributed by atoms with Crippen molar-refractivity contribution in [1.29, 1.82) is 0 Å². The van der Waals surface area contributed by atoms with Crippen LogP contribution in [0.15, 0.2) is 46.1 Å². The molecule has 1 atom stereocenters. The first-order valence-corrected chi connectivity index (χ1v) is 9.51. The van der Waals surface area contributed by atoms with Crippen LogP contribution in [-0.2, 0) is 13.6 Å². The van der Waals surface area contributed by atoms with Gasteiger partial charge in [0.15, 0.2) is 0 Å². The maximum absolute atomic E-state index is 14.0. The van der Waals surface area contributed by atoms with E-state index in [2.05, 4.69) is 15.4 Å². The molecule has 0 aliphatic carbocycles. The number of hydrogen-bond acceptors (Lipinski definition) is 5. The third-order valence-electron chi connectivity index (χ3n) is 5.34. The van der Waals surface area contributed by atoms with Crippen LogP contribution in [0.25, 0.3) is 5.69 Å². The molecule has 0 radical (unpaired) electrons. The molecule has 9 heteroatoms. The quantitative estimate of drug-likeness (QED) is 0.672. The minimum absolute atomic E-state index is 0.207. The van der Waals surface area contributed by atoms with E-state index in [4.69, 9.17) is 0 Å². The molecular weight excluding hydrogens is 375 g/mol. The van der Waals surface area contributed by atoms with Crippen molar-refractivity contribution >= 4 is 5.82 Å². The number of H-pyrrole nitrogens is 1. The van der Waals surface area contributed by atoms with Crippen LogP contribution >= 0.6 is 0 Å². The van der Waals surface area contributed by atoms with Crippen molar-refractivity contribution in [2.24, 2.45) is 7.05 Å². The van der Waals surface area contributed by atoms with Gasteiger partial charge in [-0.1, -0.05) is 12.1 Å². The van der Waals surface area contributed by atoms with Gasteiger partial charge in [-0.3, -0.25) is 14.3 Å². The predicted octanol–water partition coefficient (Wildman–Crippen LogP) is 1.08. The van der Waals surface area contributed by atoms with Crippen LogP contribution in [0.2, 0.25) is 0 Å². The van der Waals surface area contributed by atoms with Crippen LogP contribution in [0.1, 0.15) is 17.7 Å². The number of halogens is 1. The van der Waals surface area contributed by atoms with Crippen molar-refractivity contribution in [2.75, 3.05) is 18.0 Å². The Morgan fingerprint density at radius 2 is 2.10 bits per heavy atom. The number of hydrogen-bond donors (Lipinski definition) is 2. The van der Waals surface area contributed by atoms with Crippen LogP contribution in [0, 0.1) is 12.7 Å². The molecule has 152 valence electrons. The van der Waals surface area contributed by atoms with Crippen molar-refractivity contribution in [3.8, 4) is 5.69 Å². The maximum atomic E-state index is 14.0. The minimum Gasteiger partial charge on any atom is -0.356 e. The molecule has 0 amide bonds. The smallest absolute Gasteiger partial charge is 0.329 e. The van der Waals surface area contributed by atoms with Crippen molar-refractivity contribution in [2.45, 2.75) is 25.9 Å². The van der Waals surface area contributed by atoms with E-state index in [-0.39, 0.29) is 17.4 Å². The SMILES string of the molecule is Cc1nn(-c2ccccc2F)cc1CN[C@H]1CCN(c2cc(=O)n(C)c(=O)[nH]2)C1. The van der Waals surface area contributed by atoms with Crippen LogP contribution in [0.3, 0.4) is 0 Å². The molecule has 1 aliphatic rings. The first kappa shape index (κ1) is 19.1. The number of benzene rings is 1. The Kier molecular flexibility index (Phi) is 5.06. The Morgan fingerprint density at radius 1 is 1.31 bits per heavy atom. The number of para-hydroxylation sites is 1. The summed E-state index contributed by atoms with van der Waals surface area (Å²) in [5.74, 6) is 0.231. The van der Waals surface area contributed by atoms with Crippen molar-refractivity contribution in [1.82, 2.24) is 24.6 Å². The van der Waals surface area contributed by atoms with Gasteiger partial charge < -0.3 is 10.2 Å². The molecule has 1 fully saturated rings. The van der Waals surface area contributed by atoms with E-state index < -0.39 is 5.69 Å².